The lowest BCUT2D eigenvalue weighted by atomic mass is 9.79. The molecule has 2 N–H and O–H groups in total. The number of nitrogens with one attached hydrogen (secondary N) is 2. The van der Waals surface area contributed by atoms with Crippen molar-refractivity contribution >= 4 is 29.3 Å². The fourth-order valence-electron chi connectivity index (χ4n) is 4.46. The first-order valence-corrected chi connectivity index (χ1v) is 10.8. The molecule has 4 rings (SSSR count). The number of nitro groups is 1. The summed E-state index contributed by atoms with van der Waals surface area (Å²) in [5.74, 6) is -3.47. The van der Waals surface area contributed by atoms with Gasteiger partial charge in [0.2, 0.25) is 11.9 Å². The summed E-state index contributed by atoms with van der Waals surface area (Å²) < 4.78 is 5.11. The summed E-state index contributed by atoms with van der Waals surface area (Å²) >= 11 is 0. The third-order valence-electron chi connectivity index (χ3n) is 6.03. The zero-order valence-corrected chi connectivity index (χ0v) is 18.3. The number of anilines is 2. The van der Waals surface area contributed by atoms with Gasteiger partial charge in [0.25, 0.3) is 11.2 Å². The average Bonchev–Trinajstić information content (AvgIpc) is 2.83. The summed E-state index contributed by atoms with van der Waals surface area (Å²) in [5, 5.41) is 23.4. The molecule has 1 aromatic carbocycles. The molecule has 0 aliphatic carbocycles. The lowest BCUT2D eigenvalue weighted by Crippen LogP contribution is -2.43. The van der Waals surface area contributed by atoms with Gasteiger partial charge in [-0.05, 0) is 25.3 Å². The number of piperidine rings is 1. The van der Waals surface area contributed by atoms with Crippen LogP contribution in [-0.4, -0.2) is 46.5 Å². The first-order valence-electron chi connectivity index (χ1n) is 10.8. The molecule has 2 aliphatic rings. The van der Waals surface area contributed by atoms with Crippen molar-refractivity contribution in [2.45, 2.75) is 25.7 Å². The standard InChI is InChI=1S/C22H22N6O6/c1-2-34-21(31)13-6-4-8-27(11-13)22-25-18-17(20(30)26-22)16(15(10-23)19(29)24-18)12-5-3-7-14(9-12)28(32)33/h3,5,7,9,13,15-16H,2,4,6,8,11H2,1H3,(H2,24,25,26,29,30). The molecule has 0 radical (unpaired) electrons. The highest BCUT2D eigenvalue weighted by Crippen LogP contribution is 2.39. The van der Waals surface area contributed by atoms with E-state index in [1.807, 2.05) is 6.07 Å². The molecule has 2 aromatic rings. The Kier molecular flexibility index (Phi) is 6.27. The zero-order valence-electron chi connectivity index (χ0n) is 18.3. The van der Waals surface area contributed by atoms with Crippen molar-refractivity contribution in [3.05, 3.63) is 55.9 Å². The minimum absolute atomic E-state index is 0.00925. The lowest BCUT2D eigenvalue weighted by Gasteiger charge is -2.33. The molecule has 0 saturated carbocycles. The second-order valence-electron chi connectivity index (χ2n) is 8.11. The molecule has 3 heterocycles. The first kappa shape index (κ1) is 22.9. The largest absolute Gasteiger partial charge is 0.466 e. The number of aromatic nitrogens is 2. The summed E-state index contributed by atoms with van der Waals surface area (Å²) in [5.41, 5.74) is -0.456. The number of carbonyl (C=O) groups is 2. The predicted octanol–water partition coefficient (Wildman–Crippen LogP) is 1.68. The molecule has 1 fully saturated rings. The maximum Gasteiger partial charge on any atom is 0.310 e. The van der Waals surface area contributed by atoms with Crippen molar-refractivity contribution in [1.82, 2.24) is 9.97 Å². The second-order valence-corrected chi connectivity index (χ2v) is 8.11. The fraction of sp³-hybridized carbons (Fsp3) is 0.409. The number of nitro benzene ring substituents is 1. The number of benzene rings is 1. The number of fused-ring (bicyclic) bond motifs is 1. The van der Waals surface area contributed by atoms with E-state index in [0.717, 1.165) is 0 Å². The molecule has 34 heavy (non-hydrogen) atoms. The number of amides is 1. The fourth-order valence-corrected chi connectivity index (χ4v) is 4.46. The van der Waals surface area contributed by atoms with Crippen molar-refractivity contribution < 1.29 is 19.2 Å². The van der Waals surface area contributed by atoms with Crippen LogP contribution in [0, 0.1) is 33.3 Å². The maximum atomic E-state index is 13.2. The van der Waals surface area contributed by atoms with Gasteiger partial charge >= 0.3 is 5.97 Å². The number of non-ortho nitro benzene ring substituents is 1. The predicted molar refractivity (Wildman–Crippen MR) is 119 cm³/mol. The van der Waals surface area contributed by atoms with E-state index in [4.69, 9.17) is 4.74 Å². The minimum atomic E-state index is -1.27. The van der Waals surface area contributed by atoms with Crippen LogP contribution in [0.5, 0.6) is 0 Å². The Morgan fingerprint density at radius 2 is 2.21 bits per heavy atom. The van der Waals surface area contributed by atoms with E-state index in [-0.39, 0.29) is 47.1 Å². The van der Waals surface area contributed by atoms with Crippen LogP contribution < -0.4 is 15.8 Å². The van der Waals surface area contributed by atoms with Gasteiger partial charge in [-0.2, -0.15) is 10.2 Å². The van der Waals surface area contributed by atoms with Crippen molar-refractivity contribution in [3.8, 4) is 6.07 Å². The Morgan fingerprint density at radius 3 is 2.91 bits per heavy atom. The van der Waals surface area contributed by atoms with Gasteiger partial charge in [-0.25, -0.2) is 0 Å². The Balaban J connectivity index is 1.75. The molecular weight excluding hydrogens is 444 g/mol. The van der Waals surface area contributed by atoms with Gasteiger partial charge in [0.1, 0.15) is 11.7 Å². The van der Waals surface area contributed by atoms with E-state index in [9.17, 15) is 29.8 Å². The minimum Gasteiger partial charge on any atom is -0.466 e. The van der Waals surface area contributed by atoms with E-state index < -0.39 is 28.2 Å². The monoisotopic (exact) mass is 466 g/mol. The van der Waals surface area contributed by atoms with Gasteiger partial charge in [-0.1, -0.05) is 12.1 Å². The van der Waals surface area contributed by atoms with Crippen molar-refractivity contribution in [2.24, 2.45) is 11.8 Å². The van der Waals surface area contributed by atoms with Crippen molar-refractivity contribution in [1.29, 1.82) is 5.26 Å². The van der Waals surface area contributed by atoms with Gasteiger partial charge in [0.15, 0.2) is 0 Å². The van der Waals surface area contributed by atoms with Crippen molar-refractivity contribution in [3.63, 3.8) is 0 Å². The van der Waals surface area contributed by atoms with Gasteiger partial charge in [0, 0.05) is 31.1 Å². The SMILES string of the molecule is CCOC(=O)C1CCCN(c2nc3c(c(=O)[nH]2)C(c2cccc([N+](=O)[O-])c2)C(C#N)C(=O)N3)C1. The molecule has 2 aliphatic heterocycles. The Labute approximate surface area is 193 Å². The second kappa shape index (κ2) is 9.30. The Hall–Kier alpha value is -4.27. The summed E-state index contributed by atoms with van der Waals surface area (Å²) in [7, 11) is 0. The number of nitriles is 1. The molecule has 12 nitrogen and oxygen atoms in total. The van der Waals surface area contributed by atoms with Crippen LogP contribution in [0.25, 0.3) is 0 Å². The smallest absolute Gasteiger partial charge is 0.310 e. The molecule has 0 bridgehead atoms. The molecule has 1 aromatic heterocycles. The van der Waals surface area contributed by atoms with Gasteiger partial charge in [-0.15, -0.1) is 0 Å². The van der Waals surface area contributed by atoms with Crippen LogP contribution in [0.3, 0.4) is 0 Å². The number of carbonyl (C=O) groups excluding carboxylic acids is 2. The number of rotatable bonds is 5. The first-order chi connectivity index (χ1) is 16.3. The van der Waals surface area contributed by atoms with E-state index in [0.29, 0.717) is 25.9 Å². The Morgan fingerprint density at radius 1 is 1.41 bits per heavy atom. The number of ether oxygens (including phenoxy) is 1. The highest BCUT2D eigenvalue weighted by molar-refractivity contribution is 5.98. The van der Waals surface area contributed by atoms with E-state index in [1.165, 1.54) is 24.3 Å². The number of nitrogens with zero attached hydrogens (tertiary/aromatic N) is 4. The molecular formula is C22H22N6O6. The Bertz CT molecular complexity index is 1250. The van der Waals surface area contributed by atoms with Crippen molar-refractivity contribution in [2.75, 3.05) is 29.9 Å². The highest BCUT2D eigenvalue weighted by atomic mass is 16.6. The van der Waals surface area contributed by atoms with Crippen LogP contribution >= 0.6 is 0 Å². The molecule has 3 unspecified atom stereocenters. The van der Waals surface area contributed by atoms with Crippen LogP contribution in [-0.2, 0) is 14.3 Å². The van der Waals surface area contributed by atoms with Gasteiger partial charge in [-0.3, -0.25) is 29.5 Å². The van der Waals surface area contributed by atoms with Crippen LogP contribution in [0.15, 0.2) is 29.1 Å². The zero-order chi connectivity index (χ0) is 24.4. The molecule has 3 atom stereocenters. The third kappa shape index (κ3) is 4.19. The topological polar surface area (TPSA) is 171 Å². The van der Waals surface area contributed by atoms with Gasteiger partial charge < -0.3 is 15.0 Å². The van der Waals surface area contributed by atoms with Gasteiger partial charge in [0.05, 0.1) is 29.1 Å². The maximum absolute atomic E-state index is 13.2. The van der Waals surface area contributed by atoms with Crippen LogP contribution in [0.4, 0.5) is 17.5 Å². The molecule has 0 spiro atoms. The normalized spacial score (nSPS) is 21.7. The van der Waals surface area contributed by atoms with Crippen LogP contribution in [0.2, 0.25) is 0 Å². The molecule has 1 amide bonds. The highest BCUT2D eigenvalue weighted by Gasteiger charge is 2.41. The van der Waals surface area contributed by atoms with E-state index in [1.54, 1.807) is 11.8 Å². The summed E-state index contributed by atoms with van der Waals surface area (Å²) in [6.45, 7) is 2.84. The molecule has 12 heteroatoms. The third-order valence-corrected chi connectivity index (χ3v) is 6.03. The number of aromatic amines is 1. The van der Waals surface area contributed by atoms with E-state index >= 15 is 0 Å². The molecule has 176 valence electrons. The summed E-state index contributed by atoms with van der Waals surface area (Å²) in [6, 6.07) is 7.41. The number of hydrogen-bond acceptors (Lipinski definition) is 9. The van der Waals surface area contributed by atoms with E-state index in [2.05, 4.69) is 15.3 Å². The molecule has 1 saturated heterocycles. The summed E-state index contributed by atoms with van der Waals surface area (Å²) in [4.78, 5) is 57.6. The average molecular weight is 466 g/mol. The number of H-pyrrole nitrogens is 1. The van der Waals surface area contributed by atoms with Crippen LogP contribution in [0.1, 0.15) is 36.8 Å². The lowest BCUT2D eigenvalue weighted by molar-refractivity contribution is -0.384. The quantitative estimate of drug-likeness (QED) is 0.378. The number of esters is 1. The number of hydrogen-bond donors (Lipinski definition) is 2. The summed E-state index contributed by atoms with van der Waals surface area (Å²) in [6.07, 6.45) is 1.34.